The van der Waals surface area contributed by atoms with E-state index in [4.69, 9.17) is 0 Å². The lowest BCUT2D eigenvalue weighted by molar-refractivity contribution is -0.384. The zero-order valence-corrected chi connectivity index (χ0v) is 18.1. The summed E-state index contributed by atoms with van der Waals surface area (Å²) in [5.74, 6) is 0.578. The van der Waals surface area contributed by atoms with Crippen LogP contribution in [0.3, 0.4) is 0 Å². The number of hydrogen-bond donors (Lipinski definition) is 0. The molecule has 10 nitrogen and oxygen atoms in total. The summed E-state index contributed by atoms with van der Waals surface area (Å²) >= 11 is 0. The largest absolute Gasteiger partial charge is 0.282 e. The molecule has 0 radical (unpaired) electrons. The van der Waals surface area contributed by atoms with Crippen molar-refractivity contribution in [2.75, 3.05) is 39.3 Å². The van der Waals surface area contributed by atoms with Crippen LogP contribution in [-0.4, -0.2) is 73.9 Å². The van der Waals surface area contributed by atoms with Crippen LogP contribution in [0.1, 0.15) is 20.3 Å². The first-order valence-electron chi connectivity index (χ1n) is 9.51. The lowest BCUT2D eigenvalue weighted by atomic mass is 9.94. The lowest BCUT2D eigenvalue weighted by Gasteiger charge is -2.39. The second-order valence-corrected chi connectivity index (χ2v) is 11.7. The maximum Gasteiger partial charge on any atom is 0.282 e. The first-order valence-corrected chi connectivity index (χ1v) is 12.4. The molecule has 2 atom stereocenters. The molecule has 0 aromatic heterocycles. The zero-order chi connectivity index (χ0) is 21.4. The van der Waals surface area contributed by atoms with Crippen molar-refractivity contribution in [1.82, 2.24) is 12.9 Å². The molecule has 1 aromatic carbocycles. The SMILES string of the molecule is CC1CC(C)CN(S(=O)(=O)N2CCN(S(=O)(=O)c3ccc([N+](=O)[O-])cc3)CC2)C1. The summed E-state index contributed by atoms with van der Waals surface area (Å²) in [6, 6.07) is 4.69. The van der Waals surface area contributed by atoms with Gasteiger partial charge in [0.25, 0.3) is 15.9 Å². The van der Waals surface area contributed by atoms with Gasteiger partial charge in [-0.15, -0.1) is 0 Å². The smallest absolute Gasteiger partial charge is 0.258 e. The highest BCUT2D eigenvalue weighted by Gasteiger charge is 2.38. The summed E-state index contributed by atoms with van der Waals surface area (Å²) in [6.45, 7) is 5.26. The topological polar surface area (TPSA) is 121 Å². The van der Waals surface area contributed by atoms with E-state index >= 15 is 0 Å². The zero-order valence-electron chi connectivity index (χ0n) is 16.5. The summed E-state index contributed by atoms with van der Waals surface area (Å²) in [5.41, 5.74) is -0.190. The van der Waals surface area contributed by atoms with Gasteiger partial charge >= 0.3 is 0 Å². The fourth-order valence-electron chi connectivity index (χ4n) is 3.99. The number of nitrogens with zero attached hydrogens (tertiary/aromatic N) is 4. The predicted octanol–water partition coefficient (Wildman–Crippen LogP) is 1.12. The van der Waals surface area contributed by atoms with Gasteiger partial charge in [-0.25, -0.2) is 8.42 Å². The molecule has 0 N–H and O–H groups in total. The fourth-order valence-corrected chi connectivity index (χ4v) is 7.25. The first kappa shape index (κ1) is 22.1. The molecule has 2 aliphatic rings. The Bertz CT molecular complexity index is 946. The normalized spacial score (nSPS) is 25.7. The predicted molar refractivity (Wildman–Crippen MR) is 107 cm³/mol. The van der Waals surface area contributed by atoms with Crippen LogP contribution < -0.4 is 0 Å². The van der Waals surface area contributed by atoms with Crippen molar-refractivity contribution in [1.29, 1.82) is 0 Å². The van der Waals surface area contributed by atoms with Crippen LogP contribution in [0, 0.1) is 22.0 Å². The number of piperidine rings is 1. The maximum atomic E-state index is 13.0. The van der Waals surface area contributed by atoms with E-state index in [1.807, 2.05) is 13.8 Å². The maximum absolute atomic E-state index is 13.0. The van der Waals surface area contributed by atoms with Crippen molar-refractivity contribution in [3.05, 3.63) is 34.4 Å². The molecule has 0 aliphatic carbocycles. The molecule has 0 amide bonds. The van der Waals surface area contributed by atoms with Crippen LogP contribution in [0.2, 0.25) is 0 Å². The number of benzene rings is 1. The summed E-state index contributed by atoms with van der Waals surface area (Å²) < 4.78 is 55.6. The van der Waals surface area contributed by atoms with Crippen LogP contribution >= 0.6 is 0 Å². The molecule has 1 aromatic rings. The van der Waals surface area contributed by atoms with E-state index in [-0.39, 0.29) is 48.6 Å². The molecule has 29 heavy (non-hydrogen) atoms. The van der Waals surface area contributed by atoms with Gasteiger partial charge in [0, 0.05) is 51.4 Å². The Labute approximate surface area is 171 Å². The number of nitro benzene ring substituents is 1. The number of nitro groups is 1. The Balaban J connectivity index is 1.68. The molecule has 12 heteroatoms. The molecule has 2 aliphatic heterocycles. The third kappa shape index (κ3) is 4.61. The van der Waals surface area contributed by atoms with Crippen LogP contribution in [0.4, 0.5) is 5.69 Å². The standard InChI is InChI=1S/C17H26N4O6S2/c1-14-11-15(2)13-20(12-14)29(26,27)19-9-7-18(8-10-19)28(24,25)17-5-3-16(4-6-17)21(22)23/h3-6,14-15H,7-13H2,1-2H3. The molecular formula is C17H26N4O6S2. The minimum Gasteiger partial charge on any atom is -0.258 e. The molecule has 0 spiro atoms. The molecule has 0 bridgehead atoms. The first-order chi connectivity index (χ1) is 13.5. The molecule has 2 fully saturated rings. The van der Waals surface area contributed by atoms with Crippen molar-refractivity contribution >= 4 is 25.9 Å². The minimum absolute atomic E-state index is 0.0392. The number of rotatable bonds is 5. The van der Waals surface area contributed by atoms with E-state index in [1.165, 1.54) is 25.0 Å². The number of sulfonamides is 1. The van der Waals surface area contributed by atoms with Crippen LogP contribution in [0.15, 0.2) is 29.2 Å². The van der Waals surface area contributed by atoms with Gasteiger partial charge in [-0.3, -0.25) is 10.1 Å². The third-order valence-electron chi connectivity index (χ3n) is 5.37. The van der Waals surface area contributed by atoms with Crippen LogP contribution in [0.5, 0.6) is 0 Å². The van der Waals surface area contributed by atoms with E-state index in [1.54, 1.807) is 0 Å². The lowest BCUT2D eigenvalue weighted by Crippen LogP contribution is -2.56. The van der Waals surface area contributed by atoms with Gasteiger partial charge in [-0.1, -0.05) is 13.8 Å². The Morgan fingerprint density at radius 2 is 1.34 bits per heavy atom. The Morgan fingerprint density at radius 3 is 1.83 bits per heavy atom. The molecule has 2 heterocycles. The average Bonchev–Trinajstić information content (AvgIpc) is 2.67. The van der Waals surface area contributed by atoms with Crippen molar-refractivity contribution < 1.29 is 21.8 Å². The Morgan fingerprint density at radius 1 is 0.862 bits per heavy atom. The van der Waals surface area contributed by atoms with E-state index in [0.29, 0.717) is 13.1 Å². The molecule has 162 valence electrons. The fraction of sp³-hybridized carbons (Fsp3) is 0.647. The number of piperazine rings is 1. The highest BCUT2D eigenvalue weighted by Crippen LogP contribution is 2.26. The summed E-state index contributed by atoms with van der Waals surface area (Å²) in [7, 11) is -7.47. The van der Waals surface area contributed by atoms with E-state index < -0.39 is 25.2 Å². The second-order valence-electron chi connectivity index (χ2n) is 7.82. The number of non-ortho nitro benzene ring substituents is 1. The van der Waals surface area contributed by atoms with Crippen LogP contribution in [0.25, 0.3) is 0 Å². The minimum atomic E-state index is -3.84. The number of hydrogen-bond acceptors (Lipinski definition) is 6. The molecular weight excluding hydrogens is 420 g/mol. The van der Waals surface area contributed by atoms with Crippen molar-refractivity contribution in [2.24, 2.45) is 11.8 Å². The van der Waals surface area contributed by atoms with Gasteiger partial charge in [0.2, 0.25) is 10.0 Å². The Hall–Kier alpha value is -1.60. The molecule has 0 saturated carbocycles. The summed E-state index contributed by atoms with van der Waals surface area (Å²) in [5, 5.41) is 10.7. The van der Waals surface area contributed by atoms with Crippen molar-refractivity contribution in [2.45, 2.75) is 25.2 Å². The second kappa shape index (κ2) is 8.26. The summed E-state index contributed by atoms with van der Waals surface area (Å²) in [4.78, 5) is 10.1. The molecule has 2 saturated heterocycles. The quantitative estimate of drug-likeness (QED) is 0.494. The van der Waals surface area contributed by atoms with Crippen LogP contribution in [-0.2, 0) is 20.2 Å². The van der Waals surface area contributed by atoms with Gasteiger partial charge in [-0.05, 0) is 30.4 Å². The highest BCUT2D eigenvalue weighted by atomic mass is 32.2. The highest BCUT2D eigenvalue weighted by molar-refractivity contribution is 7.89. The molecule has 2 unspecified atom stereocenters. The van der Waals surface area contributed by atoms with Crippen molar-refractivity contribution in [3.8, 4) is 0 Å². The van der Waals surface area contributed by atoms with Crippen molar-refractivity contribution in [3.63, 3.8) is 0 Å². The third-order valence-corrected chi connectivity index (χ3v) is 9.25. The van der Waals surface area contributed by atoms with E-state index in [0.717, 1.165) is 18.6 Å². The van der Waals surface area contributed by atoms with Gasteiger partial charge in [0.1, 0.15) is 0 Å². The van der Waals surface area contributed by atoms with E-state index in [2.05, 4.69) is 0 Å². The van der Waals surface area contributed by atoms with Gasteiger partial charge in [0.15, 0.2) is 0 Å². The summed E-state index contributed by atoms with van der Waals surface area (Å²) in [6.07, 6.45) is 0.993. The monoisotopic (exact) mass is 446 g/mol. The van der Waals surface area contributed by atoms with Gasteiger partial charge in [0.05, 0.1) is 9.82 Å². The average molecular weight is 447 g/mol. The van der Waals surface area contributed by atoms with E-state index in [9.17, 15) is 26.9 Å². The molecule has 3 rings (SSSR count). The Kier molecular flexibility index (Phi) is 6.30. The van der Waals surface area contributed by atoms with Gasteiger partial charge in [-0.2, -0.15) is 21.3 Å². The van der Waals surface area contributed by atoms with Gasteiger partial charge < -0.3 is 0 Å².